The summed E-state index contributed by atoms with van der Waals surface area (Å²) in [5.41, 5.74) is 2.97. The van der Waals surface area contributed by atoms with Crippen LogP contribution in [0.3, 0.4) is 0 Å². The summed E-state index contributed by atoms with van der Waals surface area (Å²) in [6.45, 7) is 12.0. The van der Waals surface area contributed by atoms with E-state index in [1.165, 1.54) is 0 Å². The van der Waals surface area contributed by atoms with Gasteiger partial charge in [0.25, 0.3) is 0 Å². The van der Waals surface area contributed by atoms with E-state index < -0.39 is 11.6 Å². The number of ketones is 2. The Morgan fingerprint density at radius 3 is 1.08 bits per heavy atom. The van der Waals surface area contributed by atoms with E-state index in [0.29, 0.717) is 11.1 Å². The van der Waals surface area contributed by atoms with Gasteiger partial charge in [0.1, 0.15) is 0 Å². The molecule has 0 atom stereocenters. The molecule has 2 aromatic carbocycles. The van der Waals surface area contributed by atoms with E-state index in [-0.39, 0.29) is 0 Å². The summed E-state index contributed by atoms with van der Waals surface area (Å²) >= 11 is 0. The third kappa shape index (κ3) is 4.31. The van der Waals surface area contributed by atoms with Crippen LogP contribution < -0.4 is 9.80 Å². The molecule has 2 rings (SSSR count). The van der Waals surface area contributed by atoms with E-state index in [2.05, 4.69) is 37.5 Å². The van der Waals surface area contributed by atoms with E-state index in [1.54, 1.807) is 24.3 Å². The molecule has 0 fully saturated rings. The molecule has 138 valence electrons. The quantitative estimate of drug-likeness (QED) is 0.494. The fraction of sp³-hybridized carbons (Fsp3) is 0.364. The summed E-state index contributed by atoms with van der Waals surface area (Å²) in [5, 5.41) is 0. The summed E-state index contributed by atoms with van der Waals surface area (Å²) in [4.78, 5) is 29.4. The van der Waals surface area contributed by atoms with Gasteiger partial charge in [-0.3, -0.25) is 9.59 Å². The van der Waals surface area contributed by atoms with Crippen LogP contribution in [0.25, 0.3) is 0 Å². The van der Waals surface area contributed by atoms with Crippen molar-refractivity contribution < 1.29 is 9.59 Å². The molecule has 0 saturated heterocycles. The average molecular weight is 352 g/mol. The Balaban J connectivity index is 2.15. The van der Waals surface area contributed by atoms with Gasteiger partial charge in [-0.15, -0.1) is 0 Å². The zero-order chi connectivity index (χ0) is 19.1. The van der Waals surface area contributed by atoms with Gasteiger partial charge >= 0.3 is 0 Å². The Labute approximate surface area is 156 Å². The lowest BCUT2D eigenvalue weighted by atomic mass is 10.0. The van der Waals surface area contributed by atoms with Crippen molar-refractivity contribution in [2.24, 2.45) is 0 Å². The number of carbonyl (C=O) groups is 2. The molecule has 0 aromatic heterocycles. The number of carbonyl (C=O) groups excluding carboxylic acids is 2. The van der Waals surface area contributed by atoms with Crippen LogP contribution in [0.1, 0.15) is 48.4 Å². The zero-order valence-electron chi connectivity index (χ0n) is 16.2. The minimum Gasteiger partial charge on any atom is -0.372 e. The van der Waals surface area contributed by atoms with Crippen molar-refractivity contribution in [1.82, 2.24) is 0 Å². The van der Waals surface area contributed by atoms with Gasteiger partial charge in [0.2, 0.25) is 11.6 Å². The molecule has 0 spiro atoms. The van der Waals surface area contributed by atoms with Crippen LogP contribution in [0, 0.1) is 0 Å². The predicted molar refractivity (Wildman–Crippen MR) is 109 cm³/mol. The van der Waals surface area contributed by atoms with Crippen LogP contribution >= 0.6 is 0 Å². The first kappa shape index (κ1) is 19.7. The van der Waals surface area contributed by atoms with Crippen LogP contribution in [0.15, 0.2) is 48.5 Å². The van der Waals surface area contributed by atoms with Crippen molar-refractivity contribution in [2.75, 3.05) is 36.0 Å². The first-order valence-electron chi connectivity index (χ1n) is 9.34. The number of anilines is 2. The van der Waals surface area contributed by atoms with Crippen LogP contribution in [-0.4, -0.2) is 37.7 Å². The van der Waals surface area contributed by atoms with E-state index in [0.717, 1.165) is 37.6 Å². The summed E-state index contributed by atoms with van der Waals surface area (Å²) in [6.07, 6.45) is 0. The second-order valence-corrected chi connectivity index (χ2v) is 6.10. The van der Waals surface area contributed by atoms with Crippen molar-refractivity contribution in [3.05, 3.63) is 59.7 Å². The molecule has 0 aliphatic carbocycles. The number of Topliss-reactive ketones (excluding diaryl/α,β-unsaturated/α-hetero) is 2. The summed E-state index contributed by atoms with van der Waals surface area (Å²) in [5.74, 6) is -0.932. The van der Waals surface area contributed by atoms with E-state index in [9.17, 15) is 9.59 Å². The van der Waals surface area contributed by atoms with Crippen molar-refractivity contribution >= 4 is 22.9 Å². The van der Waals surface area contributed by atoms with Gasteiger partial charge in [-0.1, -0.05) is 0 Å². The Morgan fingerprint density at radius 1 is 0.577 bits per heavy atom. The van der Waals surface area contributed by atoms with E-state index >= 15 is 0 Å². The minimum absolute atomic E-state index is 0.429. The second kappa shape index (κ2) is 9.18. The maximum Gasteiger partial charge on any atom is 0.233 e. The molecular weight excluding hydrogens is 324 g/mol. The van der Waals surface area contributed by atoms with Crippen molar-refractivity contribution in [2.45, 2.75) is 27.7 Å². The molecule has 0 heterocycles. The number of benzene rings is 2. The van der Waals surface area contributed by atoms with Gasteiger partial charge < -0.3 is 9.80 Å². The number of hydrogen-bond acceptors (Lipinski definition) is 4. The van der Waals surface area contributed by atoms with E-state index in [1.807, 2.05) is 24.3 Å². The highest BCUT2D eigenvalue weighted by Gasteiger charge is 2.18. The molecular formula is C22H28N2O2. The maximum absolute atomic E-state index is 12.5. The Bertz CT molecular complexity index is 662. The number of hydrogen-bond donors (Lipinski definition) is 0. The summed E-state index contributed by atoms with van der Waals surface area (Å²) in [6, 6.07) is 14.5. The van der Waals surface area contributed by atoms with Crippen molar-refractivity contribution in [3.63, 3.8) is 0 Å². The standard InChI is InChI=1S/C22H28N2O2/c1-5-23(6-2)19-13-9-17(10-14-19)21(25)22(26)18-11-15-20(16-12-18)24(7-3)8-4/h9-16H,5-8H2,1-4H3. The highest BCUT2D eigenvalue weighted by Crippen LogP contribution is 2.18. The first-order chi connectivity index (χ1) is 12.5. The van der Waals surface area contributed by atoms with Gasteiger partial charge in [-0.05, 0) is 76.2 Å². The third-order valence-electron chi connectivity index (χ3n) is 4.72. The lowest BCUT2D eigenvalue weighted by molar-refractivity contribution is 0.0817. The highest BCUT2D eigenvalue weighted by molar-refractivity contribution is 6.49. The van der Waals surface area contributed by atoms with Gasteiger partial charge in [-0.25, -0.2) is 0 Å². The molecule has 4 nitrogen and oxygen atoms in total. The van der Waals surface area contributed by atoms with Crippen LogP contribution in [-0.2, 0) is 0 Å². The molecule has 0 aliphatic heterocycles. The van der Waals surface area contributed by atoms with Gasteiger partial charge in [0, 0.05) is 48.7 Å². The fourth-order valence-corrected chi connectivity index (χ4v) is 3.09. The van der Waals surface area contributed by atoms with Crippen molar-refractivity contribution in [1.29, 1.82) is 0 Å². The van der Waals surface area contributed by atoms with Crippen LogP contribution in [0.4, 0.5) is 11.4 Å². The molecule has 0 N–H and O–H groups in total. The first-order valence-corrected chi connectivity index (χ1v) is 9.34. The molecule has 0 bridgehead atoms. The Kier molecular flexibility index (Phi) is 6.96. The maximum atomic E-state index is 12.5. The molecule has 0 saturated carbocycles. The SMILES string of the molecule is CCN(CC)c1ccc(C(=O)C(=O)c2ccc(N(CC)CC)cc2)cc1. The lowest BCUT2D eigenvalue weighted by Crippen LogP contribution is -2.22. The minimum atomic E-state index is -0.466. The predicted octanol–water partition coefficient (Wildman–Crippen LogP) is 4.44. The van der Waals surface area contributed by atoms with Crippen molar-refractivity contribution in [3.8, 4) is 0 Å². The van der Waals surface area contributed by atoms with Gasteiger partial charge in [-0.2, -0.15) is 0 Å². The second-order valence-electron chi connectivity index (χ2n) is 6.10. The van der Waals surface area contributed by atoms with Gasteiger partial charge in [0.05, 0.1) is 0 Å². The highest BCUT2D eigenvalue weighted by atomic mass is 16.2. The fourth-order valence-electron chi connectivity index (χ4n) is 3.09. The lowest BCUT2D eigenvalue weighted by Gasteiger charge is -2.21. The smallest absolute Gasteiger partial charge is 0.233 e. The molecule has 0 amide bonds. The topological polar surface area (TPSA) is 40.6 Å². The van der Waals surface area contributed by atoms with Crippen LogP contribution in [0.2, 0.25) is 0 Å². The number of nitrogens with zero attached hydrogens (tertiary/aromatic N) is 2. The summed E-state index contributed by atoms with van der Waals surface area (Å²) < 4.78 is 0. The molecule has 0 radical (unpaired) electrons. The molecule has 0 aliphatic rings. The normalized spacial score (nSPS) is 10.5. The molecule has 4 heteroatoms. The average Bonchev–Trinajstić information content (AvgIpc) is 2.70. The largest absolute Gasteiger partial charge is 0.372 e. The molecule has 26 heavy (non-hydrogen) atoms. The molecule has 0 unspecified atom stereocenters. The monoisotopic (exact) mass is 352 g/mol. The van der Waals surface area contributed by atoms with Crippen LogP contribution in [0.5, 0.6) is 0 Å². The Hall–Kier alpha value is -2.62. The Morgan fingerprint density at radius 2 is 0.846 bits per heavy atom. The molecule has 2 aromatic rings. The summed E-state index contributed by atoms with van der Waals surface area (Å²) in [7, 11) is 0. The van der Waals surface area contributed by atoms with E-state index in [4.69, 9.17) is 0 Å². The number of rotatable bonds is 9. The van der Waals surface area contributed by atoms with Gasteiger partial charge in [0.15, 0.2) is 0 Å². The zero-order valence-corrected chi connectivity index (χ0v) is 16.2. The third-order valence-corrected chi connectivity index (χ3v) is 4.72.